The van der Waals surface area contributed by atoms with Gasteiger partial charge in [-0.15, -0.1) is 0 Å². The largest absolute Gasteiger partial charge is 0.508 e. The van der Waals surface area contributed by atoms with Crippen LogP contribution in [-0.4, -0.2) is 51.0 Å². The second-order valence-electron chi connectivity index (χ2n) is 21.3. The molecule has 0 heterocycles. The van der Waals surface area contributed by atoms with Gasteiger partial charge in [-0.05, 0) is 162 Å². The van der Waals surface area contributed by atoms with Crippen molar-refractivity contribution in [3.63, 3.8) is 0 Å². The first-order chi connectivity index (χ1) is 35.6. The third kappa shape index (κ3) is 11.5. The average molecular weight is 1000 g/mol. The number of benzene rings is 7. The molecule has 0 radical (unpaired) electrons. The first kappa shape index (κ1) is 51.6. The molecule has 0 saturated heterocycles. The summed E-state index contributed by atoms with van der Waals surface area (Å²) in [6, 6.07) is 37.6. The lowest BCUT2D eigenvalue weighted by atomic mass is 9.80. The van der Waals surface area contributed by atoms with Crippen LogP contribution in [0.5, 0.6) is 0 Å². The number of rotatable bonds is 14. The molecule has 0 N–H and O–H groups in total. The molecule has 4 atom stereocenters. The van der Waals surface area contributed by atoms with Gasteiger partial charge in [0.25, 0.3) is 0 Å². The van der Waals surface area contributed by atoms with Crippen LogP contribution in [-0.2, 0) is 37.9 Å². The van der Waals surface area contributed by atoms with Gasteiger partial charge in [-0.25, -0.2) is 19.2 Å². The molecule has 2 aliphatic carbocycles. The van der Waals surface area contributed by atoms with Crippen LogP contribution in [0.25, 0.3) is 65.3 Å². The Hall–Kier alpha value is -7.34. The summed E-state index contributed by atoms with van der Waals surface area (Å²) in [4.78, 5) is 52.7. The minimum Gasteiger partial charge on any atom is -0.434 e. The normalized spacial score (nSPS) is 17.4. The fourth-order valence-electron chi connectivity index (χ4n) is 10.1. The lowest BCUT2D eigenvalue weighted by Crippen LogP contribution is -2.24. The van der Waals surface area contributed by atoms with Gasteiger partial charge in [0.1, 0.15) is 24.4 Å². The number of hydrogen-bond acceptors (Lipinski definition) is 12. The van der Waals surface area contributed by atoms with Gasteiger partial charge in [-0.3, -0.25) is 0 Å². The van der Waals surface area contributed by atoms with Gasteiger partial charge in [0, 0.05) is 11.1 Å². The van der Waals surface area contributed by atoms with Gasteiger partial charge >= 0.3 is 24.6 Å². The zero-order chi connectivity index (χ0) is 52.2. The lowest BCUT2D eigenvalue weighted by Gasteiger charge is -2.31. The fourth-order valence-corrected chi connectivity index (χ4v) is 10.1. The smallest absolute Gasteiger partial charge is 0.434 e. The molecule has 4 unspecified atom stereocenters. The highest BCUT2D eigenvalue weighted by atomic mass is 16.7. The van der Waals surface area contributed by atoms with E-state index < -0.39 is 49.0 Å². The molecule has 0 saturated carbocycles. The van der Waals surface area contributed by atoms with E-state index in [0.29, 0.717) is 36.8 Å². The second-order valence-corrected chi connectivity index (χ2v) is 21.3. The molecule has 0 amide bonds. The van der Waals surface area contributed by atoms with Crippen molar-refractivity contribution in [3.05, 3.63) is 131 Å². The van der Waals surface area contributed by atoms with Crippen LogP contribution in [0.15, 0.2) is 109 Å². The monoisotopic (exact) mass is 1000 g/mol. The molecule has 74 heavy (non-hydrogen) atoms. The van der Waals surface area contributed by atoms with Crippen molar-refractivity contribution < 1.29 is 57.1 Å². The quantitative estimate of drug-likeness (QED) is 0.0581. The Labute approximate surface area is 432 Å². The SMILES string of the molecule is CC(C)COC(=O)OC1CCC(OC(=O)OCC(C)C)c2cc(-c3c4cc5ccccc5cc4c(-c4ccc5c(c4)C(OC(=O)OCC(C)C)CCC5OC(=O)OCC(C)C)c4cc5ccccc5cc34)ccc21. The van der Waals surface area contributed by atoms with Crippen molar-refractivity contribution in [2.75, 3.05) is 26.4 Å². The minimum atomic E-state index is -0.761. The molecule has 0 spiro atoms. The Kier molecular flexibility index (Phi) is 15.6. The molecule has 2 aliphatic rings. The maximum absolute atomic E-state index is 13.3. The van der Waals surface area contributed by atoms with Crippen LogP contribution in [0.1, 0.15) is 128 Å². The molecular weight excluding hydrogens is 937 g/mol. The van der Waals surface area contributed by atoms with Crippen LogP contribution in [0, 0.1) is 23.7 Å². The predicted molar refractivity (Wildman–Crippen MR) is 286 cm³/mol. The van der Waals surface area contributed by atoms with Crippen molar-refractivity contribution in [2.24, 2.45) is 23.7 Å². The molecule has 12 nitrogen and oxygen atoms in total. The summed E-state index contributed by atoms with van der Waals surface area (Å²) in [6.07, 6.45) is -4.10. The lowest BCUT2D eigenvalue weighted by molar-refractivity contribution is -0.0148. The molecule has 0 fully saturated rings. The highest BCUT2D eigenvalue weighted by molar-refractivity contribution is 6.25. The molecule has 0 aromatic heterocycles. The van der Waals surface area contributed by atoms with Gasteiger partial charge in [0.15, 0.2) is 0 Å². The summed E-state index contributed by atoms with van der Waals surface area (Å²) in [5.74, 6) is 0.491. The summed E-state index contributed by atoms with van der Waals surface area (Å²) in [6.45, 7) is 16.6. The Morgan fingerprint density at radius 1 is 0.365 bits per heavy atom. The molecule has 7 aromatic carbocycles. The van der Waals surface area contributed by atoms with E-state index in [4.69, 9.17) is 37.9 Å². The maximum Gasteiger partial charge on any atom is 0.508 e. The van der Waals surface area contributed by atoms with Gasteiger partial charge in [-0.1, -0.05) is 128 Å². The van der Waals surface area contributed by atoms with E-state index in [2.05, 4.69) is 72.8 Å². The highest BCUT2D eigenvalue weighted by Gasteiger charge is 2.36. The van der Waals surface area contributed by atoms with E-state index >= 15 is 0 Å². The Morgan fingerprint density at radius 3 is 0.878 bits per heavy atom. The van der Waals surface area contributed by atoms with Gasteiger partial charge in [0.2, 0.25) is 0 Å². The van der Waals surface area contributed by atoms with Gasteiger partial charge in [0.05, 0.1) is 26.4 Å². The molecule has 7 aromatic rings. The number of carbonyl (C=O) groups is 4. The van der Waals surface area contributed by atoms with E-state index in [-0.39, 0.29) is 50.1 Å². The van der Waals surface area contributed by atoms with Gasteiger partial charge < -0.3 is 37.9 Å². The minimum absolute atomic E-state index is 0.115. The van der Waals surface area contributed by atoms with E-state index in [9.17, 15) is 19.2 Å². The summed E-state index contributed by atoms with van der Waals surface area (Å²) >= 11 is 0. The van der Waals surface area contributed by atoms with Crippen molar-refractivity contribution in [2.45, 2.75) is 105 Å². The number of hydrogen-bond donors (Lipinski definition) is 0. The summed E-state index contributed by atoms with van der Waals surface area (Å²) in [5.41, 5.74) is 6.51. The molecule has 0 bridgehead atoms. The molecular formula is C62H66O12. The van der Waals surface area contributed by atoms with Crippen LogP contribution in [0.3, 0.4) is 0 Å². The number of fused-ring (bicyclic) bond motifs is 6. The Bertz CT molecular complexity index is 2920. The van der Waals surface area contributed by atoms with E-state index in [1.165, 1.54) is 0 Å². The summed E-state index contributed by atoms with van der Waals surface area (Å²) in [5, 5.41) is 8.01. The van der Waals surface area contributed by atoms with Gasteiger partial charge in [-0.2, -0.15) is 0 Å². The van der Waals surface area contributed by atoms with Crippen LogP contribution >= 0.6 is 0 Å². The summed E-state index contributed by atoms with van der Waals surface area (Å²) < 4.78 is 46.2. The second kappa shape index (κ2) is 22.4. The highest BCUT2D eigenvalue weighted by Crippen LogP contribution is 2.50. The predicted octanol–water partition coefficient (Wildman–Crippen LogP) is 16.6. The third-order valence-electron chi connectivity index (χ3n) is 13.5. The zero-order valence-corrected chi connectivity index (χ0v) is 43.6. The maximum atomic E-state index is 13.3. The standard InChI is InChI=1S/C62H66O12/c1-35(2)31-67-59(63)71-53-21-23-55(73-61(65)69-33-37(5)6)47-29-43(17-19-45(47)53)57-49-25-39-13-9-11-15-41(39)27-51(49)58(52-28-42-16-12-10-14-40(42)26-50(52)57)44-18-20-46-48(30-44)56(74-62(66)70-34-38(7)8)24-22-54(46)72-60(64)68-32-36(3)4/h9-20,25-30,35-38,53-56H,21-24,31-34H2,1-8H3. The first-order valence-corrected chi connectivity index (χ1v) is 26.0. The number of carbonyl (C=O) groups excluding carboxylic acids is 4. The fraction of sp³-hybridized carbons (Fsp3) is 0.387. The third-order valence-corrected chi connectivity index (χ3v) is 13.5. The molecule has 9 rings (SSSR count). The van der Waals surface area contributed by atoms with Crippen molar-refractivity contribution in [3.8, 4) is 22.3 Å². The van der Waals surface area contributed by atoms with Crippen LogP contribution in [0.2, 0.25) is 0 Å². The molecule has 12 heteroatoms. The topological polar surface area (TPSA) is 142 Å². The number of ether oxygens (including phenoxy) is 8. The summed E-state index contributed by atoms with van der Waals surface area (Å²) in [7, 11) is 0. The van der Waals surface area contributed by atoms with Crippen LogP contribution < -0.4 is 0 Å². The van der Waals surface area contributed by atoms with Crippen molar-refractivity contribution >= 4 is 67.7 Å². The van der Waals surface area contributed by atoms with Crippen molar-refractivity contribution in [1.29, 1.82) is 0 Å². The molecule has 0 aliphatic heterocycles. The Balaban J connectivity index is 1.26. The van der Waals surface area contributed by atoms with Crippen molar-refractivity contribution in [1.82, 2.24) is 0 Å². The van der Waals surface area contributed by atoms with E-state index in [1.807, 2.05) is 91.8 Å². The average Bonchev–Trinajstić information content (AvgIpc) is 3.38. The zero-order valence-electron chi connectivity index (χ0n) is 43.6. The first-order valence-electron chi connectivity index (χ1n) is 26.0. The molecule has 386 valence electrons. The Morgan fingerprint density at radius 2 is 0.622 bits per heavy atom. The van der Waals surface area contributed by atoms with E-state index in [0.717, 1.165) is 76.5 Å². The van der Waals surface area contributed by atoms with E-state index in [1.54, 1.807) is 0 Å². The van der Waals surface area contributed by atoms with Crippen LogP contribution in [0.4, 0.5) is 19.2 Å².